The van der Waals surface area contributed by atoms with E-state index in [2.05, 4.69) is 10.2 Å². The van der Waals surface area contributed by atoms with Crippen LogP contribution in [-0.4, -0.2) is 73.2 Å². The molecular formula is C24H31ClFN3O6. The van der Waals surface area contributed by atoms with E-state index in [0.29, 0.717) is 49.5 Å². The maximum absolute atomic E-state index is 13.1. The van der Waals surface area contributed by atoms with E-state index >= 15 is 0 Å². The molecule has 0 saturated carbocycles. The van der Waals surface area contributed by atoms with Crippen molar-refractivity contribution in [3.8, 4) is 11.5 Å². The van der Waals surface area contributed by atoms with Gasteiger partial charge in [-0.2, -0.15) is 0 Å². The van der Waals surface area contributed by atoms with Crippen LogP contribution in [0.4, 0.5) is 10.1 Å². The average Bonchev–Trinajstić information content (AvgIpc) is 2.81. The number of carbonyl (C=O) groups excluding carboxylic acids is 2. The van der Waals surface area contributed by atoms with E-state index in [0.717, 1.165) is 12.1 Å². The van der Waals surface area contributed by atoms with Crippen molar-refractivity contribution >= 4 is 29.0 Å². The molecule has 11 heteroatoms. The number of nitrogens with two attached hydrogens (primary N) is 1. The van der Waals surface area contributed by atoms with Crippen molar-refractivity contribution in [1.82, 2.24) is 10.2 Å². The molecule has 1 amide bonds. The molecule has 0 unspecified atom stereocenters. The van der Waals surface area contributed by atoms with Crippen LogP contribution in [0.15, 0.2) is 30.3 Å². The summed E-state index contributed by atoms with van der Waals surface area (Å²) in [5.41, 5.74) is 6.54. The number of aromatic hydroxyl groups is 1. The number of hydrogen-bond acceptors (Lipinski definition) is 7. The number of phenolic OH excluding ortho intramolecular Hbond substituents is 1. The topological polar surface area (TPSA) is 146 Å². The number of phenols is 1. The Labute approximate surface area is 208 Å². The molecule has 2 aromatic carbocycles. The smallest absolute Gasteiger partial charge is 0.255 e. The second kappa shape index (κ2) is 12.7. The lowest BCUT2D eigenvalue weighted by Crippen LogP contribution is -2.54. The quantitative estimate of drug-likeness (QED) is 0.346. The Kier molecular flexibility index (Phi) is 10.3. The number of amides is 1. The van der Waals surface area contributed by atoms with Crippen molar-refractivity contribution in [3.63, 3.8) is 0 Å². The standard InChI is InChI=1S/C24H29ClFN3O5.H2O/c1-33-22-12-18(27)17(25)11-16(22)24(32)28-19-7-9-29(13-23(19)34-2)8-3-4-20(30)15-6-5-14(26)10-21(15)31;/h5-6,10-12,19,23,31H,3-4,7-9,13,27H2,1-2H3,(H,28,32);1H2/t19-,23+;/m1./s1. The van der Waals surface area contributed by atoms with Gasteiger partial charge in [-0.3, -0.25) is 9.59 Å². The largest absolute Gasteiger partial charge is 0.507 e. The molecule has 35 heavy (non-hydrogen) atoms. The summed E-state index contributed by atoms with van der Waals surface area (Å²) < 4.78 is 24.0. The van der Waals surface area contributed by atoms with E-state index in [1.165, 1.54) is 25.3 Å². The lowest BCUT2D eigenvalue weighted by molar-refractivity contribution is 0.00605. The molecule has 0 aliphatic carbocycles. The average molecular weight is 512 g/mol. The van der Waals surface area contributed by atoms with Crippen molar-refractivity contribution in [3.05, 3.63) is 52.3 Å². The summed E-state index contributed by atoms with van der Waals surface area (Å²) in [7, 11) is 3.05. The van der Waals surface area contributed by atoms with Gasteiger partial charge in [0.25, 0.3) is 5.91 Å². The van der Waals surface area contributed by atoms with Gasteiger partial charge in [0.1, 0.15) is 17.3 Å². The molecule has 1 aliphatic rings. The third kappa shape index (κ3) is 7.04. The second-order valence-corrected chi connectivity index (χ2v) is 8.61. The van der Waals surface area contributed by atoms with Gasteiger partial charge in [-0.15, -0.1) is 0 Å². The predicted molar refractivity (Wildman–Crippen MR) is 131 cm³/mol. The Hall–Kier alpha value is -2.92. The summed E-state index contributed by atoms with van der Waals surface area (Å²) in [5, 5.41) is 13.1. The summed E-state index contributed by atoms with van der Waals surface area (Å²) in [5.74, 6) is -1.17. The number of nitrogens with one attached hydrogen (secondary N) is 1. The van der Waals surface area contributed by atoms with E-state index in [4.69, 9.17) is 26.8 Å². The molecule has 3 rings (SSSR count). The van der Waals surface area contributed by atoms with Crippen molar-refractivity contribution in [2.75, 3.05) is 39.6 Å². The summed E-state index contributed by atoms with van der Waals surface area (Å²) in [4.78, 5) is 27.4. The number of Topliss-reactive ketones (excluding diaryl/α,β-unsaturated/α-hetero) is 1. The van der Waals surface area contributed by atoms with E-state index in [9.17, 15) is 19.1 Å². The molecule has 1 saturated heterocycles. The number of anilines is 1. The number of methoxy groups -OCH3 is 2. The Morgan fingerprint density at radius 1 is 1.26 bits per heavy atom. The number of ether oxygens (including phenoxy) is 2. The molecule has 1 aliphatic heterocycles. The van der Waals surface area contributed by atoms with E-state index in [1.807, 2.05) is 0 Å². The Bertz CT molecular complexity index is 1050. The van der Waals surface area contributed by atoms with Crippen LogP contribution in [0, 0.1) is 5.82 Å². The van der Waals surface area contributed by atoms with Gasteiger partial charge in [0, 0.05) is 38.8 Å². The number of nitrogens with zero attached hydrogens (tertiary/aromatic N) is 1. The number of likely N-dealkylation sites (tertiary alicyclic amines) is 1. The Balaban J connectivity index is 0.00000432. The molecule has 1 fully saturated rings. The first-order valence-electron chi connectivity index (χ1n) is 10.9. The molecule has 0 spiro atoms. The highest BCUT2D eigenvalue weighted by atomic mass is 35.5. The number of benzene rings is 2. The number of nitrogen functional groups attached to an aromatic ring is 1. The lowest BCUT2D eigenvalue weighted by Gasteiger charge is -2.38. The highest BCUT2D eigenvalue weighted by molar-refractivity contribution is 6.33. The van der Waals surface area contributed by atoms with Crippen molar-refractivity contribution in [1.29, 1.82) is 0 Å². The predicted octanol–water partition coefficient (Wildman–Crippen LogP) is 2.43. The summed E-state index contributed by atoms with van der Waals surface area (Å²) in [6.45, 7) is 1.94. The molecule has 0 radical (unpaired) electrons. The molecule has 2 aromatic rings. The highest BCUT2D eigenvalue weighted by Gasteiger charge is 2.31. The van der Waals surface area contributed by atoms with Crippen LogP contribution in [0.3, 0.4) is 0 Å². The van der Waals surface area contributed by atoms with Crippen LogP contribution in [0.25, 0.3) is 0 Å². The number of carbonyl (C=O) groups is 2. The summed E-state index contributed by atoms with van der Waals surface area (Å²) in [6.07, 6.45) is 1.21. The monoisotopic (exact) mass is 511 g/mol. The van der Waals surface area contributed by atoms with E-state index in [-0.39, 0.29) is 52.1 Å². The van der Waals surface area contributed by atoms with Gasteiger partial charge in [0.2, 0.25) is 0 Å². The Morgan fingerprint density at radius 2 is 2.00 bits per heavy atom. The number of halogens is 2. The van der Waals surface area contributed by atoms with Crippen molar-refractivity contribution in [2.24, 2.45) is 0 Å². The zero-order chi connectivity index (χ0) is 24.8. The molecule has 9 nitrogen and oxygen atoms in total. The van der Waals surface area contributed by atoms with Crippen LogP contribution in [0.5, 0.6) is 11.5 Å². The van der Waals surface area contributed by atoms with Crippen molar-refractivity contribution < 1.29 is 34.0 Å². The molecule has 0 aromatic heterocycles. The molecule has 1 heterocycles. The van der Waals surface area contributed by atoms with Gasteiger partial charge < -0.3 is 36.0 Å². The third-order valence-electron chi connectivity index (χ3n) is 5.96. The normalized spacial score (nSPS) is 17.9. The first kappa shape index (κ1) is 28.3. The van der Waals surface area contributed by atoms with Crippen LogP contribution in [0.1, 0.15) is 40.0 Å². The van der Waals surface area contributed by atoms with Crippen LogP contribution in [0.2, 0.25) is 5.02 Å². The molecule has 2 atom stereocenters. The maximum atomic E-state index is 13.1. The summed E-state index contributed by atoms with van der Waals surface area (Å²) in [6, 6.07) is 6.17. The zero-order valence-corrected chi connectivity index (χ0v) is 20.4. The zero-order valence-electron chi connectivity index (χ0n) is 19.6. The van der Waals surface area contributed by atoms with Gasteiger partial charge in [-0.25, -0.2) is 4.39 Å². The van der Waals surface area contributed by atoms with E-state index < -0.39 is 5.82 Å². The molecule has 192 valence electrons. The lowest BCUT2D eigenvalue weighted by atomic mass is 10.00. The number of hydrogen-bond donors (Lipinski definition) is 3. The summed E-state index contributed by atoms with van der Waals surface area (Å²) >= 11 is 6.08. The molecular weight excluding hydrogens is 481 g/mol. The highest BCUT2D eigenvalue weighted by Crippen LogP contribution is 2.29. The van der Waals surface area contributed by atoms with Crippen LogP contribution in [-0.2, 0) is 4.74 Å². The second-order valence-electron chi connectivity index (χ2n) is 8.21. The van der Waals surface area contributed by atoms with Gasteiger partial charge in [0.05, 0.1) is 41.1 Å². The number of piperidine rings is 1. The first-order valence-corrected chi connectivity index (χ1v) is 11.3. The number of rotatable bonds is 9. The SMILES string of the molecule is COc1cc(N)c(Cl)cc1C(=O)N[C@@H]1CCN(CCCC(=O)c2ccc(F)cc2O)C[C@@H]1OC.O. The third-order valence-corrected chi connectivity index (χ3v) is 6.29. The minimum Gasteiger partial charge on any atom is -0.507 e. The maximum Gasteiger partial charge on any atom is 0.255 e. The first-order chi connectivity index (χ1) is 16.2. The fourth-order valence-corrected chi connectivity index (χ4v) is 4.25. The fourth-order valence-electron chi connectivity index (χ4n) is 4.09. The number of ketones is 1. The van der Waals surface area contributed by atoms with Crippen molar-refractivity contribution in [2.45, 2.75) is 31.4 Å². The van der Waals surface area contributed by atoms with Gasteiger partial charge in [0.15, 0.2) is 5.78 Å². The van der Waals surface area contributed by atoms with Crippen LogP contribution >= 0.6 is 11.6 Å². The molecule has 0 bridgehead atoms. The fraction of sp³-hybridized carbons (Fsp3) is 0.417. The Morgan fingerprint density at radius 3 is 2.66 bits per heavy atom. The van der Waals surface area contributed by atoms with Gasteiger partial charge in [-0.1, -0.05) is 11.6 Å². The van der Waals surface area contributed by atoms with Crippen LogP contribution < -0.4 is 15.8 Å². The minimum absolute atomic E-state index is 0. The molecule has 6 N–H and O–H groups in total. The van der Waals surface area contributed by atoms with Gasteiger partial charge in [-0.05, 0) is 37.6 Å². The van der Waals surface area contributed by atoms with Gasteiger partial charge >= 0.3 is 0 Å². The van der Waals surface area contributed by atoms with E-state index in [1.54, 1.807) is 7.11 Å². The minimum atomic E-state index is -0.590.